The first kappa shape index (κ1) is 22.1. The highest BCUT2D eigenvalue weighted by molar-refractivity contribution is 7.60. The topological polar surface area (TPSA) is 79.6 Å². The first-order valence-corrected chi connectivity index (χ1v) is 9.34. The van der Waals surface area contributed by atoms with Gasteiger partial charge in [0, 0.05) is 5.56 Å². The number of halogens is 3. The number of nitrogens with one attached hydrogen (secondary N) is 1. The van der Waals surface area contributed by atoms with Crippen molar-refractivity contribution >= 4 is 16.2 Å². The van der Waals surface area contributed by atoms with Gasteiger partial charge >= 0.3 is 16.7 Å². The van der Waals surface area contributed by atoms with Gasteiger partial charge in [-0.25, -0.2) is 0 Å². The van der Waals surface area contributed by atoms with Crippen molar-refractivity contribution in [3.05, 3.63) is 34.9 Å². The minimum absolute atomic E-state index is 0.0849. The number of benzene rings is 1. The van der Waals surface area contributed by atoms with Gasteiger partial charge in [-0.15, -0.1) is 0 Å². The number of hydrogen-bond donors (Lipinski definition) is 1. The lowest BCUT2D eigenvalue weighted by molar-refractivity contribution is -0.137. The Balaban J connectivity index is 0.000000765. The molecule has 2 rings (SSSR count). The molecule has 0 heterocycles. The third kappa shape index (κ3) is 7.99. The zero-order chi connectivity index (χ0) is 19.7. The Morgan fingerprint density at radius 3 is 2.38 bits per heavy atom. The maximum absolute atomic E-state index is 13.1. The smallest absolute Gasteiger partial charge is 0.395 e. The van der Waals surface area contributed by atoms with E-state index in [0.29, 0.717) is 18.1 Å². The highest BCUT2D eigenvalue weighted by atomic mass is 32.2. The van der Waals surface area contributed by atoms with E-state index in [1.54, 1.807) is 19.9 Å². The quantitative estimate of drug-likeness (QED) is 0.581. The summed E-state index contributed by atoms with van der Waals surface area (Å²) in [5.41, 5.74) is 0.270. The van der Waals surface area contributed by atoms with Crippen molar-refractivity contribution in [3.8, 4) is 0 Å². The van der Waals surface area contributed by atoms with E-state index in [1.807, 2.05) is 0 Å². The average molecular weight is 392 g/mol. The molecular formula is C17H23F3N2O3S. The van der Waals surface area contributed by atoms with E-state index >= 15 is 0 Å². The Morgan fingerprint density at radius 2 is 1.85 bits per heavy atom. The molecule has 1 N–H and O–H groups in total. The van der Waals surface area contributed by atoms with Crippen molar-refractivity contribution in [2.45, 2.75) is 52.1 Å². The molecule has 0 aliphatic heterocycles. The van der Waals surface area contributed by atoms with Gasteiger partial charge in [-0.1, -0.05) is 42.1 Å². The van der Waals surface area contributed by atoms with Crippen molar-refractivity contribution in [2.24, 2.45) is 11.1 Å². The second-order valence-electron chi connectivity index (χ2n) is 6.26. The van der Waals surface area contributed by atoms with Crippen LogP contribution in [0.4, 0.5) is 13.2 Å². The van der Waals surface area contributed by atoms with Crippen molar-refractivity contribution in [1.29, 1.82) is 4.78 Å². The summed E-state index contributed by atoms with van der Waals surface area (Å²) in [5.74, 6) is 0.477. The lowest BCUT2D eigenvalue weighted by atomic mass is 9.90. The zero-order valence-corrected chi connectivity index (χ0v) is 15.6. The lowest BCUT2D eigenvalue weighted by Gasteiger charge is -2.20. The first-order valence-electron chi connectivity index (χ1n) is 8.26. The van der Waals surface area contributed by atoms with Crippen LogP contribution in [0.5, 0.6) is 0 Å². The molecule has 1 aliphatic rings. The fraction of sp³-hybridized carbons (Fsp3) is 0.588. The number of nitrogens with zero attached hydrogens (tertiary/aromatic N) is 1. The molecule has 9 heteroatoms. The summed E-state index contributed by atoms with van der Waals surface area (Å²) in [7, 11) is -2.61. The van der Waals surface area contributed by atoms with Crippen LogP contribution >= 0.6 is 0 Å². The van der Waals surface area contributed by atoms with Crippen molar-refractivity contribution in [2.75, 3.05) is 6.61 Å². The van der Waals surface area contributed by atoms with E-state index in [9.17, 15) is 13.2 Å². The van der Waals surface area contributed by atoms with Crippen LogP contribution in [0, 0.1) is 17.6 Å². The number of hydrogen-bond acceptors (Lipinski definition) is 5. The predicted octanol–water partition coefficient (Wildman–Crippen LogP) is 4.96. The minimum atomic E-state index is -4.39. The molecule has 5 nitrogen and oxygen atoms in total. The summed E-state index contributed by atoms with van der Waals surface area (Å²) < 4.78 is 62.2. The molecule has 146 valence electrons. The van der Waals surface area contributed by atoms with Gasteiger partial charge in [0.05, 0.1) is 11.3 Å². The van der Waals surface area contributed by atoms with Crippen LogP contribution in [0.1, 0.15) is 55.7 Å². The molecule has 26 heavy (non-hydrogen) atoms. The normalized spacial score (nSPS) is 15.8. The van der Waals surface area contributed by atoms with Gasteiger partial charge in [0.2, 0.25) is 0 Å². The van der Waals surface area contributed by atoms with Gasteiger partial charge < -0.3 is 4.84 Å². The minimum Gasteiger partial charge on any atom is -0.395 e. The van der Waals surface area contributed by atoms with Gasteiger partial charge in [-0.2, -0.15) is 26.4 Å². The van der Waals surface area contributed by atoms with Gasteiger partial charge in [0.1, 0.15) is 6.61 Å². The monoisotopic (exact) mass is 392 g/mol. The summed E-state index contributed by atoms with van der Waals surface area (Å²) in [5, 5.41) is 3.91. The van der Waals surface area contributed by atoms with E-state index in [4.69, 9.17) is 18.0 Å². The third-order valence-corrected chi connectivity index (χ3v) is 4.11. The van der Waals surface area contributed by atoms with Crippen molar-refractivity contribution < 1.29 is 26.4 Å². The average Bonchev–Trinajstić information content (AvgIpc) is 2.54. The summed E-state index contributed by atoms with van der Waals surface area (Å²) in [4.78, 5) is 5.31. The molecule has 0 amide bonds. The highest BCUT2D eigenvalue weighted by Crippen LogP contribution is 2.33. The van der Waals surface area contributed by atoms with Crippen LogP contribution in [0.2, 0.25) is 0 Å². The maximum atomic E-state index is 13.1. The second-order valence-corrected chi connectivity index (χ2v) is 6.73. The Labute approximate surface area is 152 Å². The van der Waals surface area contributed by atoms with E-state index in [1.165, 1.54) is 25.3 Å². The molecule has 0 saturated heterocycles. The van der Waals surface area contributed by atoms with Crippen LogP contribution in [0.15, 0.2) is 23.4 Å². The van der Waals surface area contributed by atoms with E-state index in [-0.39, 0.29) is 11.3 Å². The van der Waals surface area contributed by atoms with Gasteiger partial charge in [0.15, 0.2) is 0 Å². The Hall–Kier alpha value is -1.90. The van der Waals surface area contributed by atoms with Crippen molar-refractivity contribution in [1.82, 2.24) is 0 Å². The molecule has 0 atom stereocenters. The van der Waals surface area contributed by atoms with Crippen LogP contribution in [-0.4, -0.2) is 20.7 Å². The number of rotatable bonds is 4. The van der Waals surface area contributed by atoms with Gasteiger partial charge in [-0.05, 0) is 38.7 Å². The van der Waals surface area contributed by atoms with Gasteiger partial charge in [0.25, 0.3) is 0 Å². The predicted molar refractivity (Wildman–Crippen MR) is 92.6 cm³/mol. The highest BCUT2D eigenvalue weighted by Gasteiger charge is 2.34. The van der Waals surface area contributed by atoms with Crippen LogP contribution < -0.4 is 0 Å². The number of oxime groups is 1. The molecule has 1 aromatic rings. The molecule has 1 fully saturated rings. The van der Waals surface area contributed by atoms with Crippen LogP contribution in [0.25, 0.3) is 0 Å². The Kier molecular flexibility index (Phi) is 8.77. The van der Waals surface area contributed by atoms with Crippen molar-refractivity contribution in [3.63, 3.8) is 0 Å². The molecule has 0 radical (unpaired) electrons. The maximum Gasteiger partial charge on any atom is 0.417 e. The Bertz CT molecular complexity index is 718. The molecule has 0 unspecified atom stereocenters. The first-order chi connectivity index (χ1) is 12.1. The van der Waals surface area contributed by atoms with E-state index in [2.05, 4.69) is 5.16 Å². The lowest BCUT2D eigenvalue weighted by Crippen LogP contribution is -2.14. The largest absolute Gasteiger partial charge is 0.417 e. The molecule has 1 aromatic carbocycles. The SMILES string of the molecule is C/C(=N/OCC1CCCCC1)c1ccc(C)cc1C(F)(F)F.N=S(=O)=O. The van der Waals surface area contributed by atoms with E-state index in [0.717, 1.165) is 18.9 Å². The molecular weight excluding hydrogens is 369 g/mol. The summed E-state index contributed by atoms with van der Waals surface area (Å²) in [6, 6.07) is 4.27. The Morgan fingerprint density at radius 1 is 1.27 bits per heavy atom. The summed E-state index contributed by atoms with van der Waals surface area (Å²) in [6.45, 7) is 3.69. The third-order valence-electron chi connectivity index (χ3n) is 4.11. The fourth-order valence-corrected chi connectivity index (χ4v) is 2.85. The summed E-state index contributed by atoms with van der Waals surface area (Å²) >= 11 is 0. The molecule has 0 bridgehead atoms. The number of aryl methyl sites for hydroxylation is 1. The van der Waals surface area contributed by atoms with E-state index < -0.39 is 22.2 Å². The summed E-state index contributed by atoms with van der Waals surface area (Å²) in [6.07, 6.45) is 1.51. The molecule has 0 aromatic heterocycles. The standard InChI is InChI=1S/C17H22F3NO.HNO2S/c1-12-8-9-15(16(10-12)17(18,19)20)13(2)21-22-11-14-6-4-3-5-7-14;1-4(2)3/h8-10,14H,3-7,11H2,1-2H3;1H/b21-13-;. The number of alkyl halides is 3. The van der Waals surface area contributed by atoms with Crippen LogP contribution in [0.3, 0.4) is 0 Å². The molecule has 1 aliphatic carbocycles. The molecule has 0 spiro atoms. The zero-order valence-electron chi connectivity index (χ0n) is 14.8. The van der Waals surface area contributed by atoms with Gasteiger partial charge in [-0.3, -0.25) is 0 Å². The van der Waals surface area contributed by atoms with Crippen LogP contribution in [-0.2, 0) is 21.5 Å². The molecule has 1 saturated carbocycles. The second kappa shape index (κ2) is 10.3. The fourth-order valence-electron chi connectivity index (χ4n) is 2.85.